The number of halogens is 1. The Labute approximate surface area is 105 Å². The second-order valence-electron chi connectivity index (χ2n) is 3.53. The first-order chi connectivity index (χ1) is 8.29. The second kappa shape index (κ2) is 5.61. The molecule has 0 radical (unpaired) electrons. The van der Waals surface area contributed by atoms with Gasteiger partial charge in [-0.1, -0.05) is 23.7 Å². The maximum Gasteiger partial charge on any atom is 0.148 e. The summed E-state index contributed by atoms with van der Waals surface area (Å²) in [5, 5.41) is 12.0. The molecule has 4 nitrogen and oxygen atoms in total. The number of nitrogens with two attached hydrogens (primary N) is 1. The van der Waals surface area contributed by atoms with Crippen LogP contribution in [0.2, 0.25) is 5.02 Å². The molecule has 0 aliphatic carbocycles. The summed E-state index contributed by atoms with van der Waals surface area (Å²) >= 11 is 5.82. The third-order valence-electron chi connectivity index (χ3n) is 2.25. The molecule has 5 heteroatoms. The minimum absolute atomic E-state index is 0.570. The van der Waals surface area contributed by atoms with Crippen molar-refractivity contribution in [2.75, 3.05) is 18.4 Å². The van der Waals surface area contributed by atoms with Crippen molar-refractivity contribution in [2.45, 2.75) is 0 Å². The Hall–Kier alpha value is -1.65. The zero-order valence-corrected chi connectivity index (χ0v) is 9.98. The van der Waals surface area contributed by atoms with Crippen LogP contribution in [0.25, 0.3) is 11.3 Å². The van der Waals surface area contributed by atoms with Crippen LogP contribution in [-0.4, -0.2) is 23.3 Å². The molecule has 0 atom stereocenters. The van der Waals surface area contributed by atoms with Crippen LogP contribution in [0.15, 0.2) is 36.4 Å². The van der Waals surface area contributed by atoms with Gasteiger partial charge >= 0.3 is 0 Å². The highest BCUT2D eigenvalue weighted by Crippen LogP contribution is 2.19. The Morgan fingerprint density at radius 1 is 1.06 bits per heavy atom. The Kier molecular flexibility index (Phi) is 3.90. The van der Waals surface area contributed by atoms with E-state index in [1.54, 1.807) is 0 Å². The van der Waals surface area contributed by atoms with Crippen LogP contribution in [-0.2, 0) is 0 Å². The van der Waals surface area contributed by atoms with Crippen LogP contribution in [0.5, 0.6) is 0 Å². The van der Waals surface area contributed by atoms with Crippen LogP contribution in [0.1, 0.15) is 0 Å². The molecular weight excluding hydrogens is 236 g/mol. The summed E-state index contributed by atoms with van der Waals surface area (Å²) in [6.45, 7) is 1.26. The Morgan fingerprint density at radius 2 is 1.82 bits per heavy atom. The van der Waals surface area contributed by atoms with Crippen LogP contribution < -0.4 is 11.1 Å². The van der Waals surface area contributed by atoms with E-state index in [1.165, 1.54) is 0 Å². The minimum Gasteiger partial charge on any atom is -0.367 e. The smallest absolute Gasteiger partial charge is 0.148 e. The topological polar surface area (TPSA) is 63.8 Å². The normalized spacial score (nSPS) is 10.2. The van der Waals surface area contributed by atoms with Crippen molar-refractivity contribution < 1.29 is 0 Å². The predicted molar refractivity (Wildman–Crippen MR) is 70.0 cm³/mol. The number of nitrogens with one attached hydrogen (secondary N) is 1. The molecule has 1 aromatic heterocycles. The number of aromatic nitrogens is 2. The van der Waals surface area contributed by atoms with Gasteiger partial charge in [-0.3, -0.25) is 0 Å². The summed E-state index contributed by atoms with van der Waals surface area (Å²) in [5.74, 6) is 0.730. The first-order valence-corrected chi connectivity index (χ1v) is 5.71. The maximum atomic E-state index is 5.82. The molecule has 2 rings (SSSR count). The first-order valence-electron chi connectivity index (χ1n) is 5.33. The molecule has 0 saturated heterocycles. The van der Waals surface area contributed by atoms with Crippen molar-refractivity contribution in [1.82, 2.24) is 10.2 Å². The van der Waals surface area contributed by atoms with E-state index in [2.05, 4.69) is 15.5 Å². The van der Waals surface area contributed by atoms with Gasteiger partial charge in [0.1, 0.15) is 5.82 Å². The van der Waals surface area contributed by atoms with Gasteiger partial charge in [-0.15, -0.1) is 10.2 Å². The lowest BCUT2D eigenvalue weighted by Crippen LogP contribution is -2.14. The lowest BCUT2D eigenvalue weighted by atomic mass is 10.1. The summed E-state index contributed by atoms with van der Waals surface area (Å²) in [7, 11) is 0. The fraction of sp³-hybridized carbons (Fsp3) is 0.167. The van der Waals surface area contributed by atoms with Crippen molar-refractivity contribution in [3.05, 3.63) is 41.4 Å². The van der Waals surface area contributed by atoms with Gasteiger partial charge in [0.15, 0.2) is 0 Å². The molecule has 0 spiro atoms. The zero-order chi connectivity index (χ0) is 12.1. The second-order valence-corrected chi connectivity index (χ2v) is 3.96. The molecule has 0 amide bonds. The molecule has 0 unspecified atom stereocenters. The third kappa shape index (κ3) is 3.15. The summed E-state index contributed by atoms with van der Waals surface area (Å²) in [6.07, 6.45) is 0. The van der Waals surface area contributed by atoms with Gasteiger partial charge < -0.3 is 11.1 Å². The van der Waals surface area contributed by atoms with Crippen molar-refractivity contribution in [2.24, 2.45) is 5.73 Å². The van der Waals surface area contributed by atoms with Crippen molar-refractivity contribution >= 4 is 17.4 Å². The van der Waals surface area contributed by atoms with Crippen LogP contribution in [0.4, 0.5) is 5.82 Å². The molecule has 3 N–H and O–H groups in total. The summed E-state index contributed by atoms with van der Waals surface area (Å²) in [6, 6.07) is 11.3. The predicted octanol–water partition coefficient (Wildman–Crippen LogP) is 2.17. The van der Waals surface area contributed by atoms with Crippen LogP contribution in [0, 0.1) is 0 Å². The highest BCUT2D eigenvalue weighted by atomic mass is 35.5. The largest absolute Gasteiger partial charge is 0.367 e. The van der Waals surface area contributed by atoms with Crippen LogP contribution >= 0.6 is 11.6 Å². The van der Waals surface area contributed by atoms with Gasteiger partial charge in [-0.2, -0.15) is 0 Å². The van der Waals surface area contributed by atoms with Gasteiger partial charge in [0.05, 0.1) is 5.69 Å². The molecule has 0 aliphatic rings. The number of rotatable bonds is 4. The Morgan fingerprint density at radius 3 is 2.41 bits per heavy atom. The number of hydrogen-bond acceptors (Lipinski definition) is 4. The SMILES string of the molecule is NCCNc1ccc(-c2ccc(Cl)cc2)nn1. The molecule has 88 valence electrons. The molecule has 0 aliphatic heterocycles. The fourth-order valence-electron chi connectivity index (χ4n) is 1.40. The molecule has 0 saturated carbocycles. The van der Waals surface area contributed by atoms with Gasteiger partial charge in [-0.05, 0) is 24.3 Å². The molecule has 17 heavy (non-hydrogen) atoms. The van der Waals surface area contributed by atoms with E-state index in [1.807, 2.05) is 36.4 Å². The third-order valence-corrected chi connectivity index (χ3v) is 2.51. The van der Waals surface area contributed by atoms with Crippen molar-refractivity contribution in [3.63, 3.8) is 0 Å². The lowest BCUT2D eigenvalue weighted by Gasteiger charge is -2.04. The molecule has 0 bridgehead atoms. The van der Waals surface area contributed by atoms with E-state index >= 15 is 0 Å². The van der Waals surface area contributed by atoms with E-state index < -0.39 is 0 Å². The standard InChI is InChI=1S/C12H13ClN4/c13-10-3-1-9(2-4-10)11-5-6-12(17-16-11)15-8-7-14/h1-6H,7-8,14H2,(H,15,17). The van der Waals surface area contributed by atoms with E-state index in [0.29, 0.717) is 18.1 Å². The van der Waals surface area contributed by atoms with Gasteiger partial charge in [0.2, 0.25) is 0 Å². The number of anilines is 1. The quantitative estimate of drug-likeness (QED) is 0.871. The number of benzene rings is 1. The molecule has 1 heterocycles. The lowest BCUT2D eigenvalue weighted by molar-refractivity contribution is 0.974. The molecule has 2 aromatic rings. The highest BCUT2D eigenvalue weighted by Gasteiger charge is 2.00. The molecule has 0 fully saturated rings. The van der Waals surface area contributed by atoms with Gasteiger partial charge in [-0.25, -0.2) is 0 Å². The minimum atomic E-state index is 0.570. The zero-order valence-electron chi connectivity index (χ0n) is 9.23. The Bertz CT molecular complexity index is 467. The van der Waals surface area contributed by atoms with E-state index in [4.69, 9.17) is 17.3 Å². The average molecular weight is 249 g/mol. The van der Waals surface area contributed by atoms with Crippen molar-refractivity contribution in [1.29, 1.82) is 0 Å². The molecular formula is C12H13ClN4. The van der Waals surface area contributed by atoms with Gasteiger partial charge in [0.25, 0.3) is 0 Å². The summed E-state index contributed by atoms with van der Waals surface area (Å²) in [4.78, 5) is 0. The Balaban J connectivity index is 2.14. The van der Waals surface area contributed by atoms with E-state index in [9.17, 15) is 0 Å². The monoisotopic (exact) mass is 248 g/mol. The van der Waals surface area contributed by atoms with Crippen molar-refractivity contribution in [3.8, 4) is 11.3 Å². The average Bonchev–Trinajstić information content (AvgIpc) is 2.38. The molecule has 1 aromatic carbocycles. The van der Waals surface area contributed by atoms with E-state index in [0.717, 1.165) is 17.1 Å². The highest BCUT2D eigenvalue weighted by molar-refractivity contribution is 6.30. The summed E-state index contributed by atoms with van der Waals surface area (Å²) < 4.78 is 0. The first kappa shape index (κ1) is 11.8. The number of hydrogen-bond donors (Lipinski definition) is 2. The maximum absolute atomic E-state index is 5.82. The van der Waals surface area contributed by atoms with Crippen LogP contribution in [0.3, 0.4) is 0 Å². The van der Waals surface area contributed by atoms with Gasteiger partial charge in [0, 0.05) is 23.7 Å². The van der Waals surface area contributed by atoms with E-state index in [-0.39, 0.29) is 0 Å². The fourth-order valence-corrected chi connectivity index (χ4v) is 1.53. The number of nitrogens with zero attached hydrogens (tertiary/aromatic N) is 2. The summed E-state index contributed by atoms with van der Waals surface area (Å²) in [5.41, 5.74) is 7.20.